The molecule has 0 amide bonds. The van der Waals surface area contributed by atoms with Gasteiger partial charge in [0.2, 0.25) is 0 Å². The molecule has 0 spiro atoms. The van der Waals surface area contributed by atoms with Crippen molar-refractivity contribution in [1.29, 1.82) is 0 Å². The van der Waals surface area contributed by atoms with Crippen LogP contribution in [0.5, 0.6) is 5.75 Å². The summed E-state index contributed by atoms with van der Waals surface area (Å²) >= 11 is 0. The number of hydrogen-bond donors (Lipinski definition) is 5. The zero-order valence-corrected chi connectivity index (χ0v) is 26.8. The van der Waals surface area contributed by atoms with Crippen LogP contribution in [0.25, 0.3) is 45.3 Å². The van der Waals surface area contributed by atoms with E-state index in [1.54, 1.807) is 6.08 Å². The van der Waals surface area contributed by atoms with Crippen LogP contribution >= 0.6 is 0 Å². The quantitative estimate of drug-likeness (QED) is 0.137. The first-order chi connectivity index (χ1) is 22.1. The largest absolute Gasteiger partial charge is 0.515 e. The fourth-order valence-corrected chi connectivity index (χ4v) is 7.07. The van der Waals surface area contributed by atoms with Crippen molar-refractivity contribution in [2.75, 3.05) is 14.2 Å². The van der Waals surface area contributed by atoms with Gasteiger partial charge in [0.05, 0.1) is 37.0 Å². The predicted octanol–water partition coefficient (Wildman–Crippen LogP) is 6.42. The number of methoxy groups -OCH3 is 2. The van der Waals surface area contributed by atoms with Gasteiger partial charge in [-0.2, -0.15) is 0 Å². The van der Waals surface area contributed by atoms with Crippen LogP contribution in [-0.4, -0.2) is 56.3 Å². The molecule has 10 heteroatoms. The second-order valence-corrected chi connectivity index (χ2v) is 11.9. The maximum Gasteiger partial charge on any atom is 0.342 e. The van der Waals surface area contributed by atoms with Crippen LogP contribution in [0, 0.1) is 24.4 Å². The third-order valence-corrected chi connectivity index (χ3v) is 9.60. The topological polar surface area (TPSA) is 153 Å². The summed E-state index contributed by atoms with van der Waals surface area (Å²) in [5.41, 5.74) is 8.77. The standard InChI is InChI=1S/C36H38N4O6/c1-8-19-16(3)23-12-24-17(4)21(10-11-29(42)45-6)33(39-24)31-32(36(44)46-7)35(43)30-18(5)25(40-34(30)31)13-27-20(9-2)22(15-41)28(38-27)14-26(19)37-23/h8,12-15,17,21,37-38,40-41,43H,1,9-11H2,2-7H3/t17-,21-/m0/s1. The highest BCUT2D eigenvalue weighted by Gasteiger charge is 2.34. The minimum absolute atomic E-state index is 0.0326. The number of carbonyl (C=O) groups is 2. The van der Waals surface area contributed by atoms with Gasteiger partial charge in [0.15, 0.2) is 0 Å². The molecule has 2 atom stereocenters. The van der Waals surface area contributed by atoms with Crippen LogP contribution in [-0.2, 0) is 20.7 Å². The summed E-state index contributed by atoms with van der Waals surface area (Å²) in [6.07, 6.45) is 4.14. The van der Waals surface area contributed by atoms with Gasteiger partial charge < -0.3 is 34.6 Å². The molecule has 0 aromatic carbocycles. The van der Waals surface area contributed by atoms with Crippen molar-refractivity contribution < 1.29 is 29.3 Å². The van der Waals surface area contributed by atoms with Crippen LogP contribution in [0.15, 0.2) is 24.8 Å². The van der Waals surface area contributed by atoms with E-state index in [1.165, 1.54) is 14.2 Å². The van der Waals surface area contributed by atoms with Gasteiger partial charge in [0, 0.05) is 67.4 Å². The molecular weight excluding hydrogens is 584 g/mol. The number of esters is 2. The Morgan fingerprint density at radius 3 is 2.35 bits per heavy atom. The fourth-order valence-electron chi connectivity index (χ4n) is 7.07. The zero-order valence-electron chi connectivity index (χ0n) is 26.8. The molecule has 0 saturated heterocycles. The molecule has 6 rings (SSSR count). The molecule has 5 N–H and O–H groups in total. The lowest BCUT2D eigenvalue weighted by molar-refractivity contribution is -0.140. The normalized spacial score (nSPS) is 16.0. The van der Waals surface area contributed by atoms with Crippen molar-refractivity contribution in [2.24, 2.45) is 0 Å². The Morgan fingerprint density at radius 2 is 1.70 bits per heavy atom. The molecule has 3 aromatic heterocycles. The smallest absolute Gasteiger partial charge is 0.342 e. The summed E-state index contributed by atoms with van der Waals surface area (Å²) in [5, 5.41) is 24.2. The van der Waals surface area contributed by atoms with E-state index < -0.39 is 5.97 Å². The van der Waals surface area contributed by atoms with E-state index in [-0.39, 0.29) is 35.5 Å². The van der Waals surface area contributed by atoms with E-state index >= 15 is 0 Å². The van der Waals surface area contributed by atoms with Crippen molar-refractivity contribution in [1.82, 2.24) is 19.9 Å². The Bertz CT molecular complexity index is 2310. The molecule has 10 nitrogen and oxygen atoms in total. The Kier molecular flexibility index (Phi) is 7.75. The molecule has 0 radical (unpaired) electrons. The molecule has 46 heavy (non-hydrogen) atoms. The number of carbonyl (C=O) groups excluding carboxylic acids is 2. The highest BCUT2D eigenvalue weighted by molar-refractivity contribution is 6.00. The SMILES string of the molecule is C=Cc1c(C)c2cc3nc(c4c(C(=O)OC)c(O)c5c(C)c(cc6[nH]c(cc1[nH]2)c(=CO)c6CC)[nH]c5=4)[C@@H](CCC(=O)OC)[C@@H]3C. The lowest BCUT2D eigenvalue weighted by Gasteiger charge is -2.15. The van der Waals surface area contributed by atoms with Crippen LogP contribution in [0.2, 0.25) is 0 Å². The number of aromatic hydroxyl groups is 1. The van der Waals surface area contributed by atoms with Gasteiger partial charge in [-0.3, -0.25) is 9.78 Å². The maximum atomic E-state index is 13.3. The van der Waals surface area contributed by atoms with Gasteiger partial charge in [0.25, 0.3) is 0 Å². The number of aromatic nitrogens is 4. The van der Waals surface area contributed by atoms with E-state index in [0.29, 0.717) is 39.7 Å². The number of nitrogens with zero attached hydrogens (tertiary/aromatic N) is 1. The molecule has 0 fully saturated rings. The van der Waals surface area contributed by atoms with Crippen LogP contribution < -0.4 is 5.22 Å². The second-order valence-electron chi connectivity index (χ2n) is 11.9. The zero-order chi connectivity index (χ0) is 33.0. The summed E-state index contributed by atoms with van der Waals surface area (Å²) in [5.74, 6) is -1.63. The van der Waals surface area contributed by atoms with E-state index in [1.807, 2.05) is 45.9 Å². The Morgan fingerprint density at radius 1 is 1.00 bits per heavy atom. The van der Waals surface area contributed by atoms with Crippen molar-refractivity contribution in [3.8, 4) is 5.75 Å². The summed E-state index contributed by atoms with van der Waals surface area (Å²) in [6, 6.07) is 5.90. The van der Waals surface area contributed by atoms with Crippen molar-refractivity contribution in [2.45, 2.75) is 58.8 Å². The summed E-state index contributed by atoms with van der Waals surface area (Å²) in [6.45, 7) is 12.0. The number of aryl methyl sites for hydroxylation is 3. The number of hydrogen-bond acceptors (Lipinski definition) is 7. The van der Waals surface area contributed by atoms with Gasteiger partial charge >= 0.3 is 11.9 Å². The van der Waals surface area contributed by atoms with Crippen LogP contribution in [0.3, 0.4) is 0 Å². The lowest BCUT2D eigenvalue weighted by atomic mass is 9.86. The second kappa shape index (κ2) is 11.6. The average molecular weight is 623 g/mol. The van der Waals surface area contributed by atoms with E-state index in [0.717, 1.165) is 61.8 Å². The van der Waals surface area contributed by atoms with Crippen molar-refractivity contribution >= 4 is 57.2 Å². The molecule has 238 valence electrons. The summed E-state index contributed by atoms with van der Waals surface area (Å²) < 4.78 is 10.1. The number of aromatic amines is 3. The number of H-pyrrole nitrogens is 3. The molecule has 3 aliphatic rings. The fraction of sp³-hybridized carbons (Fsp3) is 0.306. The molecule has 1 aliphatic carbocycles. The van der Waals surface area contributed by atoms with Gasteiger partial charge in [-0.25, -0.2) is 4.79 Å². The third-order valence-electron chi connectivity index (χ3n) is 9.60. The average Bonchev–Trinajstić information content (AvgIpc) is 3.79. The molecule has 0 saturated carbocycles. The van der Waals surface area contributed by atoms with Crippen LogP contribution in [0.1, 0.15) is 82.5 Å². The number of aliphatic hydroxyl groups excluding tert-OH is 1. The highest BCUT2D eigenvalue weighted by atomic mass is 16.5. The molecule has 8 bridgehead atoms. The number of rotatable bonds is 6. The van der Waals surface area contributed by atoms with E-state index in [2.05, 4.69) is 21.5 Å². The third kappa shape index (κ3) is 4.58. The van der Waals surface area contributed by atoms with Gasteiger partial charge in [-0.05, 0) is 61.6 Å². The first-order valence-electron chi connectivity index (χ1n) is 15.3. The Balaban J connectivity index is 1.89. The van der Waals surface area contributed by atoms with E-state index in [9.17, 15) is 19.8 Å². The summed E-state index contributed by atoms with van der Waals surface area (Å²) in [7, 11) is 2.64. The van der Waals surface area contributed by atoms with E-state index in [4.69, 9.17) is 14.5 Å². The molecule has 0 unspecified atom stereocenters. The van der Waals surface area contributed by atoms with Gasteiger partial charge in [0.1, 0.15) is 11.3 Å². The van der Waals surface area contributed by atoms with Gasteiger partial charge in [-0.1, -0.05) is 26.5 Å². The summed E-state index contributed by atoms with van der Waals surface area (Å²) in [4.78, 5) is 41.2. The number of fused-ring (bicyclic) bond motifs is 8. The number of ether oxygens (including phenoxy) is 2. The minimum atomic E-state index is -0.683. The molecule has 5 heterocycles. The monoisotopic (exact) mass is 622 g/mol. The predicted molar refractivity (Wildman–Crippen MR) is 178 cm³/mol. The van der Waals surface area contributed by atoms with Crippen molar-refractivity contribution in [3.63, 3.8) is 0 Å². The van der Waals surface area contributed by atoms with Crippen molar-refractivity contribution in [3.05, 3.63) is 79.8 Å². The molecule has 3 aromatic rings. The van der Waals surface area contributed by atoms with Crippen LogP contribution in [0.4, 0.5) is 0 Å². The first kappa shape index (κ1) is 30.8. The maximum absolute atomic E-state index is 13.3. The minimum Gasteiger partial charge on any atom is -0.515 e. The Labute approximate surface area is 264 Å². The number of nitrogens with one attached hydrogen (secondary N) is 3. The van der Waals surface area contributed by atoms with Gasteiger partial charge in [-0.15, -0.1) is 0 Å². The lowest BCUT2D eigenvalue weighted by Crippen LogP contribution is -2.09. The first-order valence-corrected chi connectivity index (χ1v) is 15.3. The molecular formula is C36H38N4O6. The molecule has 2 aliphatic heterocycles. The Hall–Kier alpha value is -5.25. The highest BCUT2D eigenvalue weighted by Crippen LogP contribution is 2.44. The number of aliphatic hydroxyl groups is 1.